The zero-order valence-electron chi connectivity index (χ0n) is 20.6. The number of halogens is 2. The highest BCUT2D eigenvalue weighted by Crippen LogP contribution is 2.32. The van der Waals surface area contributed by atoms with Crippen molar-refractivity contribution >= 4 is 17.7 Å². The summed E-state index contributed by atoms with van der Waals surface area (Å²) in [5.74, 6) is -3.18. The van der Waals surface area contributed by atoms with Crippen molar-refractivity contribution in [1.82, 2.24) is 15.5 Å². The van der Waals surface area contributed by atoms with Gasteiger partial charge in [0.15, 0.2) is 11.6 Å². The number of aliphatic hydroxyl groups excluding tert-OH is 1. The average molecular weight is 526 g/mol. The van der Waals surface area contributed by atoms with E-state index in [4.69, 9.17) is 4.74 Å². The molecule has 9 nitrogen and oxygen atoms in total. The van der Waals surface area contributed by atoms with E-state index < -0.39 is 47.7 Å². The minimum atomic E-state index is -1.08. The van der Waals surface area contributed by atoms with Gasteiger partial charge in [0.05, 0.1) is 23.4 Å². The topological polar surface area (TPSA) is 118 Å². The van der Waals surface area contributed by atoms with E-state index in [-0.39, 0.29) is 18.2 Å². The van der Waals surface area contributed by atoms with Gasteiger partial charge in [-0.2, -0.15) is 5.26 Å². The molecule has 38 heavy (non-hydrogen) atoms. The van der Waals surface area contributed by atoms with E-state index in [9.17, 15) is 28.7 Å². The standard InChI is InChI=1S/C27H29F2N5O4/c28-20-6-5-16(11-21(20)29)23-15-38-27(37)34(23)26(36)25(19-13-31-14-24(19)35)32-18-7-9-33(10-8-18)22-4-2-1-3-17(22)12-30/h1-6,11,18-19,23-25,31-32,35H,7-10,13-15H2. The van der Waals surface area contributed by atoms with E-state index >= 15 is 0 Å². The van der Waals surface area contributed by atoms with E-state index in [2.05, 4.69) is 21.6 Å². The molecule has 3 aliphatic rings. The molecule has 3 N–H and O–H groups in total. The van der Waals surface area contributed by atoms with Gasteiger partial charge in [-0.05, 0) is 42.7 Å². The third kappa shape index (κ3) is 5.07. The number of hydrogen-bond donors (Lipinski definition) is 3. The highest BCUT2D eigenvalue weighted by atomic mass is 19.2. The maximum atomic E-state index is 13.9. The number of piperidine rings is 1. The Balaban J connectivity index is 1.34. The Morgan fingerprint density at radius 1 is 1.16 bits per heavy atom. The van der Waals surface area contributed by atoms with E-state index in [1.54, 1.807) is 6.07 Å². The van der Waals surface area contributed by atoms with Crippen molar-refractivity contribution in [2.24, 2.45) is 5.92 Å². The molecule has 2 amide bonds. The summed E-state index contributed by atoms with van der Waals surface area (Å²) < 4.78 is 32.6. The minimum Gasteiger partial charge on any atom is -0.446 e. The number of β-amino-alcohol motifs (C(OH)–C–C–N with tert-alkyl or cyclic N) is 1. The SMILES string of the molecule is N#Cc1ccccc1N1CCC(NC(C(=O)N2C(=O)OCC2c2ccc(F)c(F)c2)C2CNCC2O)CC1. The summed E-state index contributed by atoms with van der Waals surface area (Å²) in [5, 5.41) is 26.6. The second kappa shape index (κ2) is 11.0. The second-order valence-corrected chi connectivity index (χ2v) is 9.90. The van der Waals surface area contributed by atoms with E-state index in [0.29, 0.717) is 44.6 Å². The molecule has 0 aromatic heterocycles. The molecule has 11 heteroatoms. The Kier molecular flexibility index (Phi) is 7.56. The van der Waals surface area contributed by atoms with Crippen molar-refractivity contribution in [2.45, 2.75) is 37.1 Å². The maximum Gasteiger partial charge on any atom is 0.417 e. The number of hydrogen-bond acceptors (Lipinski definition) is 8. The van der Waals surface area contributed by atoms with Crippen LogP contribution in [0.1, 0.15) is 30.0 Å². The molecule has 0 bridgehead atoms. The van der Waals surface area contributed by atoms with Gasteiger partial charge >= 0.3 is 6.09 Å². The first-order valence-corrected chi connectivity index (χ1v) is 12.7. The van der Waals surface area contributed by atoms with Crippen molar-refractivity contribution in [3.8, 4) is 6.07 Å². The summed E-state index contributed by atoms with van der Waals surface area (Å²) in [6, 6.07) is 11.0. The highest BCUT2D eigenvalue weighted by molar-refractivity contribution is 5.97. The lowest BCUT2D eigenvalue weighted by Gasteiger charge is -2.38. The number of aliphatic hydroxyl groups is 1. The van der Waals surface area contributed by atoms with Gasteiger partial charge in [0.2, 0.25) is 5.91 Å². The zero-order chi connectivity index (χ0) is 26.8. The number of ether oxygens (including phenoxy) is 1. The molecule has 4 atom stereocenters. The van der Waals surface area contributed by atoms with Crippen LogP contribution in [0, 0.1) is 28.9 Å². The van der Waals surface area contributed by atoms with Crippen LogP contribution in [0.25, 0.3) is 0 Å². The predicted octanol–water partition coefficient (Wildman–Crippen LogP) is 2.06. The number of benzene rings is 2. The van der Waals surface area contributed by atoms with Crippen molar-refractivity contribution in [3.63, 3.8) is 0 Å². The van der Waals surface area contributed by atoms with E-state index in [1.807, 2.05) is 18.2 Å². The molecule has 200 valence electrons. The number of amides is 2. The number of nitriles is 1. The van der Waals surface area contributed by atoms with Crippen LogP contribution in [-0.4, -0.2) is 73.0 Å². The largest absolute Gasteiger partial charge is 0.446 e. The Morgan fingerprint density at radius 2 is 1.92 bits per heavy atom. The van der Waals surface area contributed by atoms with Crippen molar-refractivity contribution in [2.75, 3.05) is 37.7 Å². The molecule has 3 saturated heterocycles. The Morgan fingerprint density at radius 3 is 2.61 bits per heavy atom. The molecule has 0 aliphatic carbocycles. The number of carbonyl (C=O) groups excluding carboxylic acids is 2. The number of nitrogens with zero attached hydrogens (tertiary/aromatic N) is 3. The monoisotopic (exact) mass is 525 g/mol. The fraction of sp³-hybridized carbons (Fsp3) is 0.444. The summed E-state index contributed by atoms with van der Waals surface area (Å²) in [6.07, 6.45) is -0.312. The van der Waals surface area contributed by atoms with Crippen molar-refractivity contribution in [3.05, 3.63) is 65.2 Å². The fourth-order valence-electron chi connectivity index (χ4n) is 5.57. The molecular weight excluding hydrogens is 496 g/mol. The average Bonchev–Trinajstić information content (AvgIpc) is 3.54. The fourth-order valence-corrected chi connectivity index (χ4v) is 5.57. The van der Waals surface area contributed by atoms with Gasteiger partial charge < -0.3 is 25.4 Å². The number of imide groups is 1. The zero-order valence-corrected chi connectivity index (χ0v) is 20.6. The molecule has 2 aromatic carbocycles. The molecule has 3 fully saturated rings. The van der Waals surface area contributed by atoms with Crippen molar-refractivity contribution < 1.29 is 28.2 Å². The molecule has 5 rings (SSSR count). The van der Waals surface area contributed by atoms with Gasteiger partial charge in [0.25, 0.3) is 0 Å². The van der Waals surface area contributed by atoms with Gasteiger partial charge in [-0.25, -0.2) is 18.5 Å². The van der Waals surface area contributed by atoms with Crippen LogP contribution in [0.15, 0.2) is 42.5 Å². The number of rotatable bonds is 6. The smallest absolute Gasteiger partial charge is 0.417 e. The van der Waals surface area contributed by atoms with Crippen molar-refractivity contribution in [1.29, 1.82) is 5.26 Å². The van der Waals surface area contributed by atoms with Crippen LogP contribution in [0.3, 0.4) is 0 Å². The lowest BCUT2D eigenvalue weighted by Crippen LogP contribution is -2.58. The summed E-state index contributed by atoms with van der Waals surface area (Å²) >= 11 is 0. The van der Waals surface area contributed by atoms with E-state index in [0.717, 1.165) is 22.7 Å². The summed E-state index contributed by atoms with van der Waals surface area (Å²) in [5.41, 5.74) is 1.71. The molecule has 0 spiro atoms. The third-order valence-electron chi connectivity index (χ3n) is 7.64. The molecule has 0 saturated carbocycles. The highest BCUT2D eigenvalue weighted by Gasteiger charge is 2.47. The first-order chi connectivity index (χ1) is 18.4. The lowest BCUT2D eigenvalue weighted by molar-refractivity contribution is -0.134. The number of anilines is 1. The number of carbonyl (C=O) groups is 2. The van der Waals surface area contributed by atoms with Crippen LogP contribution in [-0.2, 0) is 9.53 Å². The van der Waals surface area contributed by atoms with Gasteiger partial charge in [-0.15, -0.1) is 0 Å². The van der Waals surface area contributed by atoms with Gasteiger partial charge in [-0.1, -0.05) is 18.2 Å². The second-order valence-electron chi connectivity index (χ2n) is 9.90. The van der Waals surface area contributed by atoms with Crippen LogP contribution in [0.2, 0.25) is 0 Å². The van der Waals surface area contributed by atoms with Crippen LogP contribution < -0.4 is 15.5 Å². The van der Waals surface area contributed by atoms with Gasteiger partial charge in [0, 0.05) is 38.1 Å². The molecule has 0 radical (unpaired) electrons. The maximum absolute atomic E-state index is 13.9. The Labute approximate surface area is 219 Å². The first-order valence-electron chi connectivity index (χ1n) is 12.7. The first kappa shape index (κ1) is 26.0. The molecule has 3 aliphatic heterocycles. The van der Waals surface area contributed by atoms with Gasteiger partial charge in [-0.3, -0.25) is 4.79 Å². The lowest BCUT2D eigenvalue weighted by atomic mass is 9.92. The summed E-state index contributed by atoms with van der Waals surface area (Å²) in [4.78, 5) is 29.6. The van der Waals surface area contributed by atoms with Crippen LogP contribution in [0.4, 0.5) is 19.3 Å². The Bertz CT molecular complexity index is 1250. The summed E-state index contributed by atoms with van der Waals surface area (Å²) in [7, 11) is 0. The summed E-state index contributed by atoms with van der Waals surface area (Å²) in [6.45, 7) is 1.83. The number of para-hydroxylation sites is 1. The minimum absolute atomic E-state index is 0.0809. The third-order valence-corrected chi connectivity index (χ3v) is 7.64. The molecular formula is C27H29F2N5O4. The van der Waals surface area contributed by atoms with Crippen LogP contribution in [0.5, 0.6) is 0 Å². The predicted molar refractivity (Wildman–Crippen MR) is 133 cm³/mol. The number of nitrogens with one attached hydrogen (secondary N) is 2. The van der Waals surface area contributed by atoms with E-state index in [1.165, 1.54) is 6.07 Å². The van der Waals surface area contributed by atoms with Gasteiger partial charge in [0.1, 0.15) is 18.7 Å². The molecule has 4 unspecified atom stereocenters. The molecule has 3 heterocycles. The quantitative estimate of drug-likeness (QED) is 0.525. The number of cyclic esters (lactones) is 1. The molecule has 2 aromatic rings. The van der Waals surface area contributed by atoms with Crippen LogP contribution >= 0.6 is 0 Å². The normalized spacial score (nSPS) is 24.8. The Hall–Kier alpha value is -3.59.